The molecule has 3 rings (SSSR count). The van der Waals surface area contributed by atoms with Crippen molar-refractivity contribution in [3.05, 3.63) is 35.3 Å². The van der Waals surface area contributed by atoms with Crippen LogP contribution in [0.3, 0.4) is 0 Å². The number of hydrogen-bond donors (Lipinski definition) is 0. The fourth-order valence-corrected chi connectivity index (χ4v) is 5.50. The molecule has 1 fully saturated rings. The third-order valence-electron chi connectivity index (χ3n) is 4.21. The van der Waals surface area contributed by atoms with Crippen molar-refractivity contribution in [2.75, 3.05) is 25.2 Å². The lowest BCUT2D eigenvalue weighted by molar-refractivity contribution is 0.251. The average molecular weight is 367 g/mol. The molecule has 0 amide bonds. The SMILES string of the molecule is CCOc1ccc(-c2nc(CN(C)C3CCS(=O)(=O)C3)cs2)cc1. The Hall–Kier alpha value is -1.44. The Morgan fingerprint density at radius 1 is 1.33 bits per heavy atom. The zero-order valence-electron chi connectivity index (χ0n) is 13.9. The molecule has 2 heterocycles. The summed E-state index contributed by atoms with van der Waals surface area (Å²) in [7, 11) is -0.877. The zero-order chi connectivity index (χ0) is 17.2. The first kappa shape index (κ1) is 17.4. The first-order valence-electron chi connectivity index (χ1n) is 8.05. The van der Waals surface area contributed by atoms with Gasteiger partial charge in [0.2, 0.25) is 0 Å². The molecule has 1 saturated heterocycles. The molecule has 0 radical (unpaired) electrons. The minimum absolute atomic E-state index is 0.102. The molecule has 5 nitrogen and oxygen atoms in total. The summed E-state index contributed by atoms with van der Waals surface area (Å²) < 4.78 is 28.7. The van der Waals surface area contributed by atoms with E-state index in [2.05, 4.69) is 4.90 Å². The van der Waals surface area contributed by atoms with E-state index >= 15 is 0 Å². The van der Waals surface area contributed by atoms with Gasteiger partial charge in [-0.2, -0.15) is 0 Å². The fourth-order valence-electron chi connectivity index (χ4n) is 2.88. The smallest absolute Gasteiger partial charge is 0.151 e. The molecular formula is C17H22N2O3S2. The molecule has 0 aliphatic carbocycles. The van der Waals surface area contributed by atoms with Crippen molar-refractivity contribution in [1.29, 1.82) is 0 Å². The first-order valence-corrected chi connectivity index (χ1v) is 10.8. The van der Waals surface area contributed by atoms with E-state index < -0.39 is 9.84 Å². The fraction of sp³-hybridized carbons (Fsp3) is 0.471. The van der Waals surface area contributed by atoms with Crippen LogP contribution in [-0.4, -0.2) is 49.5 Å². The van der Waals surface area contributed by atoms with E-state index in [1.807, 2.05) is 43.6 Å². The van der Waals surface area contributed by atoms with Crippen molar-refractivity contribution in [2.45, 2.75) is 25.9 Å². The minimum atomic E-state index is -2.85. The van der Waals surface area contributed by atoms with Gasteiger partial charge in [0.05, 0.1) is 23.8 Å². The van der Waals surface area contributed by atoms with Gasteiger partial charge < -0.3 is 4.74 Å². The Balaban J connectivity index is 1.65. The number of sulfone groups is 1. The molecule has 1 aliphatic rings. The van der Waals surface area contributed by atoms with Gasteiger partial charge in [-0.15, -0.1) is 11.3 Å². The Bertz CT molecular complexity index is 784. The van der Waals surface area contributed by atoms with Crippen LogP contribution in [0.25, 0.3) is 10.6 Å². The van der Waals surface area contributed by atoms with Gasteiger partial charge in [-0.05, 0) is 44.7 Å². The molecule has 0 spiro atoms. The second-order valence-electron chi connectivity index (χ2n) is 6.07. The van der Waals surface area contributed by atoms with E-state index in [0.717, 1.165) is 22.0 Å². The summed E-state index contributed by atoms with van der Waals surface area (Å²) in [6, 6.07) is 8.04. The van der Waals surface area contributed by atoms with Gasteiger partial charge in [0, 0.05) is 23.5 Å². The van der Waals surface area contributed by atoms with Crippen LogP contribution in [0.15, 0.2) is 29.6 Å². The standard InChI is InChI=1S/C17H22N2O3S2/c1-3-22-16-6-4-13(5-7-16)17-18-14(11-23-17)10-19(2)15-8-9-24(20,21)12-15/h4-7,11,15H,3,8-10,12H2,1-2H3. The molecule has 1 unspecified atom stereocenters. The Labute approximate surface area is 147 Å². The highest BCUT2D eigenvalue weighted by Gasteiger charge is 2.30. The van der Waals surface area contributed by atoms with Gasteiger partial charge in [0.25, 0.3) is 0 Å². The maximum Gasteiger partial charge on any atom is 0.151 e. The van der Waals surface area contributed by atoms with Crippen molar-refractivity contribution in [2.24, 2.45) is 0 Å². The molecule has 1 aromatic carbocycles. The van der Waals surface area contributed by atoms with Crippen LogP contribution in [0.5, 0.6) is 5.75 Å². The van der Waals surface area contributed by atoms with Gasteiger partial charge in [-0.3, -0.25) is 4.90 Å². The average Bonchev–Trinajstić information content (AvgIpc) is 3.15. The van der Waals surface area contributed by atoms with Crippen LogP contribution in [0.2, 0.25) is 0 Å². The second-order valence-corrected chi connectivity index (χ2v) is 9.16. The second kappa shape index (κ2) is 7.21. The van der Waals surface area contributed by atoms with E-state index in [4.69, 9.17) is 9.72 Å². The molecule has 0 saturated carbocycles. The molecule has 1 atom stereocenters. The highest BCUT2D eigenvalue weighted by atomic mass is 32.2. The number of nitrogens with zero attached hydrogens (tertiary/aromatic N) is 2. The quantitative estimate of drug-likeness (QED) is 0.787. The Morgan fingerprint density at radius 3 is 2.71 bits per heavy atom. The maximum absolute atomic E-state index is 11.6. The van der Waals surface area contributed by atoms with E-state index in [-0.39, 0.29) is 11.8 Å². The van der Waals surface area contributed by atoms with Crippen molar-refractivity contribution >= 4 is 21.2 Å². The first-order chi connectivity index (χ1) is 11.5. The minimum Gasteiger partial charge on any atom is -0.494 e. The number of rotatable bonds is 6. The molecule has 2 aromatic rings. The molecule has 1 aromatic heterocycles. The molecular weight excluding hydrogens is 344 g/mol. The zero-order valence-corrected chi connectivity index (χ0v) is 15.6. The molecule has 7 heteroatoms. The summed E-state index contributed by atoms with van der Waals surface area (Å²) in [5.41, 5.74) is 2.05. The third-order valence-corrected chi connectivity index (χ3v) is 6.90. The van der Waals surface area contributed by atoms with Crippen LogP contribution < -0.4 is 4.74 Å². The molecule has 0 bridgehead atoms. The predicted molar refractivity (Wildman–Crippen MR) is 97.2 cm³/mol. The molecule has 24 heavy (non-hydrogen) atoms. The van der Waals surface area contributed by atoms with E-state index in [1.54, 1.807) is 11.3 Å². The predicted octanol–water partition coefficient (Wildman–Crippen LogP) is 2.83. The van der Waals surface area contributed by atoms with Gasteiger partial charge in [-0.1, -0.05) is 0 Å². The largest absolute Gasteiger partial charge is 0.494 e. The Morgan fingerprint density at radius 2 is 2.08 bits per heavy atom. The summed E-state index contributed by atoms with van der Waals surface area (Å²) in [6.45, 7) is 3.30. The van der Waals surface area contributed by atoms with Crippen LogP contribution in [0.4, 0.5) is 0 Å². The lowest BCUT2D eigenvalue weighted by Crippen LogP contribution is -2.32. The molecule has 0 N–H and O–H groups in total. The van der Waals surface area contributed by atoms with Crippen molar-refractivity contribution < 1.29 is 13.2 Å². The van der Waals surface area contributed by atoms with Gasteiger partial charge in [0.15, 0.2) is 9.84 Å². The topological polar surface area (TPSA) is 59.5 Å². The summed E-state index contributed by atoms with van der Waals surface area (Å²) in [6.07, 6.45) is 0.717. The van der Waals surface area contributed by atoms with Gasteiger partial charge >= 0.3 is 0 Å². The third kappa shape index (κ3) is 4.15. The van der Waals surface area contributed by atoms with Gasteiger partial charge in [-0.25, -0.2) is 13.4 Å². The number of hydrogen-bond acceptors (Lipinski definition) is 6. The normalized spacial score (nSPS) is 19.7. The van der Waals surface area contributed by atoms with Crippen molar-refractivity contribution in [1.82, 2.24) is 9.88 Å². The highest BCUT2D eigenvalue weighted by Crippen LogP contribution is 2.27. The van der Waals surface area contributed by atoms with Gasteiger partial charge in [0.1, 0.15) is 10.8 Å². The number of benzene rings is 1. The summed E-state index contributed by atoms with van der Waals surface area (Å²) in [5.74, 6) is 1.43. The van der Waals surface area contributed by atoms with E-state index in [0.29, 0.717) is 25.3 Å². The lowest BCUT2D eigenvalue weighted by Gasteiger charge is -2.21. The maximum atomic E-state index is 11.6. The molecule has 1 aliphatic heterocycles. The highest BCUT2D eigenvalue weighted by molar-refractivity contribution is 7.91. The van der Waals surface area contributed by atoms with E-state index in [1.165, 1.54) is 0 Å². The summed E-state index contributed by atoms with van der Waals surface area (Å²) >= 11 is 1.61. The Kier molecular flexibility index (Phi) is 5.22. The van der Waals surface area contributed by atoms with Crippen molar-refractivity contribution in [3.8, 4) is 16.3 Å². The van der Waals surface area contributed by atoms with Crippen LogP contribution in [-0.2, 0) is 16.4 Å². The van der Waals surface area contributed by atoms with E-state index in [9.17, 15) is 8.42 Å². The summed E-state index contributed by atoms with van der Waals surface area (Å²) in [4.78, 5) is 6.79. The van der Waals surface area contributed by atoms with Crippen LogP contribution in [0, 0.1) is 0 Å². The number of aromatic nitrogens is 1. The monoisotopic (exact) mass is 366 g/mol. The van der Waals surface area contributed by atoms with Crippen LogP contribution in [0.1, 0.15) is 19.0 Å². The van der Waals surface area contributed by atoms with Crippen molar-refractivity contribution in [3.63, 3.8) is 0 Å². The lowest BCUT2D eigenvalue weighted by atomic mass is 10.2. The van der Waals surface area contributed by atoms with Crippen LogP contribution >= 0.6 is 11.3 Å². The molecule has 130 valence electrons. The number of ether oxygens (including phenoxy) is 1. The summed E-state index contributed by atoms with van der Waals surface area (Å²) in [5, 5.41) is 3.02. The number of thiazole rings is 1.